The molecule has 0 unspecified atom stereocenters. The SMILES string of the molecule is Cc1nc(-c2ccc(C(F)(F)F)cc2)sc1CSc1cccc2c1ccn2CC(=O)O. The molecule has 31 heavy (non-hydrogen) atoms. The predicted molar refractivity (Wildman–Crippen MR) is 116 cm³/mol. The van der Waals surface area contributed by atoms with Crippen LogP contribution in [0.25, 0.3) is 21.5 Å². The molecule has 0 bridgehead atoms. The van der Waals surface area contributed by atoms with E-state index in [1.54, 1.807) is 22.5 Å². The van der Waals surface area contributed by atoms with Crippen molar-refractivity contribution in [2.45, 2.75) is 30.3 Å². The van der Waals surface area contributed by atoms with Crippen molar-refractivity contribution in [2.75, 3.05) is 0 Å². The van der Waals surface area contributed by atoms with E-state index >= 15 is 0 Å². The van der Waals surface area contributed by atoms with Gasteiger partial charge in [0.15, 0.2) is 0 Å². The second-order valence-corrected chi connectivity index (χ2v) is 9.02. The first kappa shape index (κ1) is 21.5. The van der Waals surface area contributed by atoms with Crippen molar-refractivity contribution in [3.63, 3.8) is 0 Å². The molecule has 1 N–H and O–H groups in total. The number of aryl methyl sites for hydroxylation is 1. The summed E-state index contributed by atoms with van der Waals surface area (Å²) in [4.78, 5) is 17.7. The number of benzene rings is 2. The standard InChI is InChI=1S/C22H17F3N2O2S2/c1-13-19(31-21(26-13)14-5-7-15(8-6-14)22(23,24)25)12-30-18-4-2-3-17-16(18)9-10-27(17)11-20(28)29/h2-10H,11-12H2,1H3,(H,28,29). The molecule has 2 aromatic carbocycles. The summed E-state index contributed by atoms with van der Waals surface area (Å²) in [6, 6.07) is 12.7. The molecule has 0 atom stereocenters. The minimum absolute atomic E-state index is 0.0952. The highest BCUT2D eigenvalue weighted by molar-refractivity contribution is 7.98. The fourth-order valence-corrected chi connectivity index (χ4v) is 5.51. The van der Waals surface area contributed by atoms with Crippen LogP contribution in [-0.4, -0.2) is 20.6 Å². The van der Waals surface area contributed by atoms with E-state index in [1.165, 1.54) is 23.5 Å². The maximum absolute atomic E-state index is 12.8. The zero-order chi connectivity index (χ0) is 22.2. The Morgan fingerprint density at radius 3 is 2.58 bits per heavy atom. The topological polar surface area (TPSA) is 55.1 Å². The fraction of sp³-hybridized carbons (Fsp3) is 0.182. The smallest absolute Gasteiger partial charge is 0.416 e. The normalized spacial score (nSPS) is 11.9. The third kappa shape index (κ3) is 4.62. The fourth-order valence-electron chi connectivity index (χ4n) is 3.24. The third-order valence-electron chi connectivity index (χ3n) is 4.79. The number of alkyl halides is 3. The summed E-state index contributed by atoms with van der Waals surface area (Å²) in [5.41, 5.74) is 1.69. The van der Waals surface area contributed by atoms with Gasteiger partial charge in [-0.15, -0.1) is 23.1 Å². The van der Waals surface area contributed by atoms with E-state index in [0.717, 1.165) is 38.5 Å². The second-order valence-electron chi connectivity index (χ2n) is 6.92. The number of aromatic nitrogens is 2. The lowest BCUT2D eigenvalue weighted by Crippen LogP contribution is -2.07. The molecule has 2 aromatic heterocycles. The predicted octanol–water partition coefficient (Wildman–Crippen LogP) is 6.47. The van der Waals surface area contributed by atoms with Crippen molar-refractivity contribution < 1.29 is 23.1 Å². The van der Waals surface area contributed by atoms with E-state index in [9.17, 15) is 18.0 Å². The first-order chi connectivity index (χ1) is 14.7. The molecule has 4 aromatic rings. The Morgan fingerprint density at radius 2 is 1.90 bits per heavy atom. The van der Waals surface area contributed by atoms with Crippen molar-refractivity contribution in [3.8, 4) is 10.6 Å². The first-order valence-electron chi connectivity index (χ1n) is 9.29. The van der Waals surface area contributed by atoms with Crippen molar-refractivity contribution >= 4 is 40.0 Å². The summed E-state index contributed by atoms with van der Waals surface area (Å²) in [5.74, 6) is -0.237. The minimum atomic E-state index is -4.36. The van der Waals surface area contributed by atoms with Crippen molar-refractivity contribution in [1.29, 1.82) is 0 Å². The van der Waals surface area contributed by atoms with Gasteiger partial charge in [-0.2, -0.15) is 13.2 Å². The molecule has 9 heteroatoms. The average Bonchev–Trinajstić information content (AvgIpc) is 3.29. The third-order valence-corrected chi connectivity index (χ3v) is 7.28. The highest BCUT2D eigenvalue weighted by Gasteiger charge is 2.30. The van der Waals surface area contributed by atoms with Gasteiger partial charge in [0.25, 0.3) is 0 Å². The summed E-state index contributed by atoms with van der Waals surface area (Å²) < 4.78 is 40.0. The number of carboxylic acid groups (broad SMARTS) is 1. The lowest BCUT2D eigenvalue weighted by Gasteiger charge is -2.06. The van der Waals surface area contributed by atoms with Gasteiger partial charge in [-0.25, -0.2) is 4.98 Å². The van der Waals surface area contributed by atoms with E-state index in [1.807, 2.05) is 31.2 Å². The van der Waals surface area contributed by atoms with Gasteiger partial charge in [0.1, 0.15) is 11.6 Å². The molecule has 0 radical (unpaired) electrons. The highest BCUT2D eigenvalue weighted by Crippen LogP contribution is 2.36. The summed E-state index contributed by atoms with van der Waals surface area (Å²) in [6.07, 6.45) is -2.59. The van der Waals surface area contributed by atoms with Crippen LogP contribution in [0.4, 0.5) is 13.2 Å². The van der Waals surface area contributed by atoms with Gasteiger partial charge in [-0.1, -0.05) is 18.2 Å². The Hall–Kier alpha value is -2.78. The zero-order valence-corrected chi connectivity index (χ0v) is 17.9. The zero-order valence-electron chi connectivity index (χ0n) is 16.3. The molecule has 4 nitrogen and oxygen atoms in total. The number of hydrogen-bond donors (Lipinski definition) is 1. The average molecular weight is 463 g/mol. The molecular formula is C22H17F3N2O2S2. The van der Waals surface area contributed by atoms with Gasteiger partial charge in [-0.3, -0.25) is 4.79 Å². The lowest BCUT2D eigenvalue weighted by molar-refractivity contribution is -0.138. The monoisotopic (exact) mass is 462 g/mol. The number of nitrogens with zero attached hydrogens (tertiary/aromatic N) is 2. The molecule has 0 spiro atoms. The summed E-state index contributed by atoms with van der Waals surface area (Å²) in [7, 11) is 0. The number of fused-ring (bicyclic) bond motifs is 1. The lowest BCUT2D eigenvalue weighted by atomic mass is 10.1. The van der Waals surface area contributed by atoms with E-state index in [-0.39, 0.29) is 6.54 Å². The van der Waals surface area contributed by atoms with Crippen LogP contribution in [0.15, 0.2) is 59.6 Å². The van der Waals surface area contributed by atoms with Crippen LogP contribution in [0.3, 0.4) is 0 Å². The molecule has 0 amide bonds. The van der Waals surface area contributed by atoms with Crippen LogP contribution in [0.5, 0.6) is 0 Å². The van der Waals surface area contributed by atoms with Crippen molar-refractivity contribution in [1.82, 2.24) is 9.55 Å². The largest absolute Gasteiger partial charge is 0.480 e. The molecule has 160 valence electrons. The Bertz CT molecular complexity index is 1240. The molecular weight excluding hydrogens is 445 g/mol. The van der Waals surface area contributed by atoms with E-state index in [2.05, 4.69) is 4.98 Å². The molecule has 0 aliphatic heterocycles. The maximum atomic E-state index is 12.8. The summed E-state index contributed by atoms with van der Waals surface area (Å²) in [5, 5.41) is 10.7. The molecule has 2 heterocycles. The second kappa shape index (κ2) is 8.39. The maximum Gasteiger partial charge on any atom is 0.416 e. The molecule has 0 saturated carbocycles. The summed E-state index contributed by atoms with van der Waals surface area (Å²) in [6.45, 7) is 1.80. The highest BCUT2D eigenvalue weighted by atomic mass is 32.2. The minimum Gasteiger partial charge on any atom is -0.480 e. The van der Waals surface area contributed by atoms with E-state index < -0.39 is 17.7 Å². The summed E-state index contributed by atoms with van der Waals surface area (Å²) >= 11 is 3.09. The Balaban J connectivity index is 1.53. The van der Waals surface area contributed by atoms with Crippen molar-refractivity contribution in [2.24, 2.45) is 0 Å². The molecule has 4 rings (SSSR count). The number of thioether (sulfide) groups is 1. The Labute approximate surface area is 184 Å². The van der Waals surface area contributed by atoms with Crippen LogP contribution in [0.2, 0.25) is 0 Å². The number of rotatable bonds is 6. The number of carboxylic acids is 1. The number of halogens is 3. The van der Waals surface area contributed by atoms with Gasteiger partial charge in [-0.05, 0) is 37.3 Å². The van der Waals surface area contributed by atoms with Crippen LogP contribution in [-0.2, 0) is 23.3 Å². The number of hydrogen-bond acceptors (Lipinski definition) is 4. The first-order valence-corrected chi connectivity index (χ1v) is 11.1. The van der Waals surface area contributed by atoms with Gasteiger partial charge >= 0.3 is 12.1 Å². The van der Waals surface area contributed by atoms with E-state index in [4.69, 9.17) is 5.11 Å². The van der Waals surface area contributed by atoms with Gasteiger partial charge in [0.2, 0.25) is 0 Å². The van der Waals surface area contributed by atoms with Gasteiger partial charge < -0.3 is 9.67 Å². The molecule has 0 aliphatic carbocycles. The van der Waals surface area contributed by atoms with Crippen LogP contribution in [0, 0.1) is 6.92 Å². The molecule has 0 saturated heterocycles. The van der Waals surface area contributed by atoms with Crippen LogP contribution in [0.1, 0.15) is 16.1 Å². The quantitative estimate of drug-likeness (QED) is 0.334. The number of carbonyl (C=O) groups is 1. The molecule has 0 aliphatic rings. The molecule has 0 fully saturated rings. The Kier molecular flexibility index (Phi) is 5.81. The number of aliphatic carboxylic acids is 1. The van der Waals surface area contributed by atoms with Gasteiger partial charge in [0.05, 0.1) is 11.3 Å². The number of thiazole rings is 1. The van der Waals surface area contributed by atoms with Crippen LogP contribution >= 0.6 is 23.1 Å². The van der Waals surface area contributed by atoms with Crippen LogP contribution < -0.4 is 0 Å². The van der Waals surface area contributed by atoms with E-state index in [0.29, 0.717) is 16.3 Å². The Morgan fingerprint density at radius 1 is 1.16 bits per heavy atom. The van der Waals surface area contributed by atoms with Crippen molar-refractivity contribution in [3.05, 3.63) is 70.9 Å². The van der Waals surface area contributed by atoms with Gasteiger partial charge in [0, 0.05) is 38.2 Å².